The zero-order valence-corrected chi connectivity index (χ0v) is 20.6. The van der Waals surface area contributed by atoms with Crippen molar-refractivity contribution in [1.82, 2.24) is 4.98 Å². The number of benzene rings is 3. The minimum Gasteiger partial charge on any atom is -0.284 e. The van der Waals surface area contributed by atoms with Gasteiger partial charge in [-0.1, -0.05) is 65.9 Å². The third kappa shape index (κ3) is 5.63. The van der Waals surface area contributed by atoms with Crippen molar-refractivity contribution >= 4 is 54.2 Å². The zero-order valence-electron chi connectivity index (χ0n) is 18.2. The lowest BCUT2D eigenvalue weighted by Gasteiger charge is -2.20. The maximum absolute atomic E-state index is 13.3. The fraction of sp³-hybridized carbons (Fsp3) is 0.200. The summed E-state index contributed by atoms with van der Waals surface area (Å²) in [5, 5.41) is 0.631. The van der Waals surface area contributed by atoms with Crippen LogP contribution in [-0.4, -0.2) is 31.3 Å². The van der Waals surface area contributed by atoms with Crippen LogP contribution >= 0.6 is 23.1 Å². The number of nitrogens with zero attached hydrogens (tertiary/aromatic N) is 2. The fourth-order valence-corrected chi connectivity index (χ4v) is 6.48. The molecule has 1 amide bonds. The minimum atomic E-state index is -3.42. The standard InChI is InChI=1S/C25H24N2O3S3/c1-31-21-14-8-15-22-24(21)26-25(32-22)27(18-19-10-4-2-5-11-19)23(28)16-9-17-33(29,30)20-12-6-3-7-13-20/h2-8,10-15H,9,16-18H2,1H3. The van der Waals surface area contributed by atoms with Crippen LogP contribution in [0, 0.1) is 0 Å². The van der Waals surface area contributed by atoms with E-state index >= 15 is 0 Å². The summed E-state index contributed by atoms with van der Waals surface area (Å²) in [5.74, 6) is -0.204. The largest absolute Gasteiger partial charge is 0.284 e. The number of rotatable bonds is 9. The average Bonchev–Trinajstić information content (AvgIpc) is 3.27. The van der Waals surface area contributed by atoms with Gasteiger partial charge < -0.3 is 0 Å². The maximum Gasteiger partial charge on any atom is 0.229 e. The van der Waals surface area contributed by atoms with Crippen LogP contribution < -0.4 is 4.90 Å². The molecular formula is C25H24N2O3S3. The predicted molar refractivity (Wildman–Crippen MR) is 137 cm³/mol. The molecule has 4 rings (SSSR count). The Hall–Kier alpha value is -2.68. The Balaban J connectivity index is 1.55. The van der Waals surface area contributed by atoms with Crippen molar-refractivity contribution in [2.24, 2.45) is 0 Å². The van der Waals surface area contributed by atoms with Gasteiger partial charge in [0.2, 0.25) is 5.91 Å². The van der Waals surface area contributed by atoms with E-state index in [0.29, 0.717) is 11.7 Å². The van der Waals surface area contributed by atoms with Gasteiger partial charge in [0, 0.05) is 11.3 Å². The quantitative estimate of drug-likeness (QED) is 0.274. The molecule has 0 radical (unpaired) electrons. The van der Waals surface area contributed by atoms with Gasteiger partial charge in [-0.2, -0.15) is 0 Å². The zero-order chi connectivity index (χ0) is 23.3. The first kappa shape index (κ1) is 23.5. The highest BCUT2D eigenvalue weighted by molar-refractivity contribution is 7.98. The van der Waals surface area contributed by atoms with E-state index in [4.69, 9.17) is 4.98 Å². The molecule has 3 aromatic carbocycles. The van der Waals surface area contributed by atoms with Gasteiger partial charge in [0.25, 0.3) is 0 Å². The molecule has 1 heterocycles. The highest BCUT2D eigenvalue weighted by Crippen LogP contribution is 2.35. The summed E-state index contributed by atoms with van der Waals surface area (Å²) in [6.45, 7) is 0.388. The minimum absolute atomic E-state index is 0.0710. The molecule has 170 valence electrons. The smallest absolute Gasteiger partial charge is 0.229 e. The van der Waals surface area contributed by atoms with Crippen molar-refractivity contribution in [2.75, 3.05) is 16.9 Å². The Morgan fingerprint density at radius 2 is 1.67 bits per heavy atom. The Bertz CT molecular complexity index is 1340. The van der Waals surface area contributed by atoms with Gasteiger partial charge in [0.1, 0.15) is 0 Å². The van der Waals surface area contributed by atoms with Gasteiger partial charge >= 0.3 is 0 Å². The summed E-state index contributed by atoms with van der Waals surface area (Å²) in [5.41, 5.74) is 1.88. The Morgan fingerprint density at radius 3 is 2.36 bits per heavy atom. The molecule has 8 heteroatoms. The second-order valence-electron chi connectivity index (χ2n) is 7.50. The van der Waals surface area contributed by atoms with Gasteiger partial charge in [0.15, 0.2) is 15.0 Å². The van der Waals surface area contributed by atoms with E-state index in [2.05, 4.69) is 0 Å². The molecule has 0 aliphatic carbocycles. The summed E-state index contributed by atoms with van der Waals surface area (Å²) >= 11 is 3.11. The number of para-hydroxylation sites is 1. The summed E-state index contributed by atoms with van der Waals surface area (Å²) in [4.78, 5) is 21.1. The number of carbonyl (C=O) groups excluding carboxylic acids is 1. The first-order chi connectivity index (χ1) is 16.0. The molecule has 1 aromatic heterocycles. The number of carbonyl (C=O) groups is 1. The SMILES string of the molecule is CSc1cccc2sc(N(Cc3ccccc3)C(=O)CCCS(=O)(=O)c3ccccc3)nc12. The third-order valence-electron chi connectivity index (χ3n) is 5.21. The van der Waals surface area contributed by atoms with E-state index in [0.717, 1.165) is 20.7 Å². The lowest BCUT2D eigenvalue weighted by atomic mass is 10.2. The number of anilines is 1. The van der Waals surface area contributed by atoms with Crippen molar-refractivity contribution in [3.63, 3.8) is 0 Å². The summed E-state index contributed by atoms with van der Waals surface area (Å²) in [6.07, 6.45) is 2.39. The van der Waals surface area contributed by atoms with Crippen molar-refractivity contribution in [3.05, 3.63) is 84.4 Å². The number of amides is 1. The molecule has 0 bridgehead atoms. The number of hydrogen-bond donors (Lipinski definition) is 0. The summed E-state index contributed by atoms with van der Waals surface area (Å²) in [7, 11) is -3.42. The molecule has 0 fully saturated rings. The van der Waals surface area contributed by atoms with Crippen LogP contribution in [0.1, 0.15) is 18.4 Å². The molecular weight excluding hydrogens is 472 g/mol. The summed E-state index contributed by atoms with van der Waals surface area (Å²) in [6, 6.07) is 24.1. The monoisotopic (exact) mass is 496 g/mol. The topological polar surface area (TPSA) is 67.3 Å². The molecule has 0 aliphatic rings. The number of thiazole rings is 1. The lowest BCUT2D eigenvalue weighted by molar-refractivity contribution is -0.118. The number of thioether (sulfide) groups is 1. The second kappa shape index (κ2) is 10.5. The van der Waals surface area contributed by atoms with E-state index in [1.54, 1.807) is 47.0 Å². The molecule has 0 unspecified atom stereocenters. The second-order valence-corrected chi connectivity index (χ2v) is 11.5. The van der Waals surface area contributed by atoms with Crippen LogP contribution in [-0.2, 0) is 21.2 Å². The molecule has 5 nitrogen and oxygen atoms in total. The van der Waals surface area contributed by atoms with E-state index in [-0.39, 0.29) is 29.4 Å². The summed E-state index contributed by atoms with van der Waals surface area (Å²) < 4.78 is 26.2. The number of hydrogen-bond acceptors (Lipinski definition) is 6. The average molecular weight is 497 g/mol. The van der Waals surface area contributed by atoms with Gasteiger partial charge in [-0.05, 0) is 42.5 Å². The van der Waals surface area contributed by atoms with Crippen LogP contribution in [0.4, 0.5) is 5.13 Å². The Kier molecular flexibility index (Phi) is 7.47. The first-order valence-electron chi connectivity index (χ1n) is 10.5. The molecule has 4 aromatic rings. The highest BCUT2D eigenvalue weighted by Gasteiger charge is 2.22. The van der Waals surface area contributed by atoms with Gasteiger partial charge in [-0.3, -0.25) is 9.69 Å². The molecule has 0 N–H and O–H groups in total. The number of sulfone groups is 1. The molecule has 0 saturated heterocycles. The highest BCUT2D eigenvalue weighted by atomic mass is 32.2. The molecule has 0 atom stereocenters. The third-order valence-corrected chi connectivity index (χ3v) is 8.84. The van der Waals surface area contributed by atoms with Crippen molar-refractivity contribution < 1.29 is 13.2 Å². The van der Waals surface area contributed by atoms with Crippen molar-refractivity contribution in [1.29, 1.82) is 0 Å². The van der Waals surface area contributed by atoms with E-state index in [1.807, 2.05) is 54.8 Å². The van der Waals surface area contributed by atoms with E-state index < -0.39 is 9.84 Å². The van der Waals surface area contributed by atoms with Crippen LogP contribution in [0.25, 0.3) is 10.2 Å². The van der Waals surface area contributed by atoms with Gasteiger partial charge in [-0.15, -0.1) is 11.8 Å². The normalized spacial score (nSPS) is 11.5. The van der Waals surface area contributed by atoms with E-state index in [9.17, 15) is 13.2 Å². The molecule has 33 heavy (non-hydrogen) atoms. The fourth-order valence-electron chi connectivity index (χ4n) is 3.51. The molecule has 0 spiro atoms. The Morgan fingerprint density at radius 1 is 0.970 bits per heavy atom. The lowest BCUT2D eigenvalue weighted by Crippen LogP contribution is -2.30. The van der Waals surface area contributed by atoms with Crippen LogP contribution in [0.3, 0.4) is 0 Å². The van der Waals surface area contributed by atoms with Gasteiger partial charge in [-0.25, -0.2) is 13.4 Å². The van der Waals surface area contributed by atoms with Gasteiger partial charge in [0.05, 0.1) is 27.4 Å². The predicted octanol–water partition coefficient (Wildman–Crippen LogP) is 5.81. The molecule has 0 aliphatic heterocycles. The maximum atomic E-state index is 13.3. The van der Waals surface area contributed by atoms with Crippen LogP contribution in [0.5, 0.6) is 0 Å². The Labute approximate surface area is 202 Å². The number of fused-ring (bicyclic) bond motifs is 1. The van der Waals surface area contributed by atoms with Crippen LogP contribution in [0.15, 0.2) is 88.7 Å². The molecule has 0 saturated carbocycles. The van der Waals surface area contributed by atoms with E-state index in [1.165, 1.54) is 11.3 Å². The van der Waals surface area contributed by atoms with Crippen molar-refractivity contribution in [2.45, 2.75) is 29.2 Å². The van der Waals surface area contributed by atoms with Crippen LogP contribution in [0.2, 0.25) is 0 Å². The van der Waals surface area contributed by atoms with Crippen molar-refractivity contribution in [3.8, 4) is 0 Å². The first-order valence-corrected chi connectivity index (χ1v) is 14.2. The number of aromatic nitrogens is 1.